The monoisotopic (exact) mass is 318 g/mol. The number of nitrogen functional groups attached to an aromatic ring is 1. The van der Waals surface area contributed by atoms with Crippen molar-refractivity contribution in [2.24, 2.45) is 0 Å². The maximum absolute atomic E-state index is 6.09. The fraction of sp³-hybridized carbons (Fsp3) is 0.250. The predicted octanol–water partition coefficient (Wildman–Crippen LogP) is 4.45. The second-order valence-corrected chi connectivity index (χ2v) is 5.43. The van der Waals surface area contributed by atoms with E-state index in [0.717, 1.165) is 35.4 Å². The summed E-state index contributed by atoms with van der Waals surface area (Å²) in [6.07, 6.45) is 1.10. The van der Waals surface area contributed by atoms with E-state index in [1.165, 1.54) is 5.56 Å². The number of halogens is 1. The Kier molecular flexibility index (Phi) is 4.86. The lowest BCUT2D eigenvalue weighted by Gasteiger charge is -2.26. The molecular formula is C16H19BrN2. The van der Waals surface area contributed by atoms with E-state index >= 15 is 0 Å². The van der Waals surface area contributed by atoms with E-state index in [4.69, 9.17) is 5.73 Å². The predicted molar refractivity (Wildman–Crippen MR) is 86.3 cm³/mol. The average Bonchev–Trinajstić information content (AvgIpc) is 2.41. The minimum absolute atomic E-state index is 0.836. The van der Waals surface area contributed by atoms with Crippen molar-refractivity contribution in [3.63, 3.8) is 0 Å². The summed E-state index contributed by atoms with van der Waals surface area (Å²) in [6, 6.07) is 16.4. The Bertz CT molecular complexity index is 540. The van der Waals surface area contributed by atoms with Gasteiger partial charge in [-0.05, 0) is 30.2 Å². The van der Waals surface area contributed by atoms with Crippen LogP contribution in [0.3, 0.4) is 0 Å². The van der Waals surface area contributed by atoms with Crippen molar-refractivity contribution >= 4 is 27.3 Å². The Balaban J connectivity index is 2.27. The van der Waals surface area contributed by atoms with Gasteiger partial charge in [-0.1, -0.05) is 53.2 Å². The molecule has 2 nitrogen and oxygen atoms in total. The molecule has 0 radical (unpaired) electrons. The highest BCUT2D eigenvalue weighted by Gasteiger charge is 2.10. The van der Waals surface area contributed by atoms with Crippen LogP contribution >= 0.6 is 15.9 Å². The van der Waals surface area contributed by atoms with Crippen molar-refractivity contribution in [1.82, 2.24) is 0 Å². The molecule has 0 spiro atoms. The molecule has 100 valence electrons. The first-order valence-electron chi connectivity index (χ1n) is 6.55. The lowest BCUT2D eigenvalue weighted by Crippen LogP contribution is -2.24. The number of hydrogen-bond acceptors (Lipinski definition) is 2. The number of nitrogens with zero attached hydrogens (tertiary/aromatic N) is 1. The molecule has 2 rings (SSSR count). The SMILES string of the molecule is CCCN(Cc1ccccc1Br)c1ccccc1N. The first-order chi connectivity index (χ1) is 9.22. The highest BCUT2D eigenvalue weighted by molar-refractivity contribution is 9.10. The normalized spacial score (nSPS) is 10.4. The molecule has 19 heavy (non-hydrogen) atoms. The van der Waals surface area contributed by atoms with Crippen molar-refractivity contribution < 1.29 is 0 Å². The summed E-state index contributed by atoms with van der Waals surface area (Å²) in [6.45, 7) is 4.05. The molecule has 0 unspecified atom stereocenters. The fourth-order valence-corrected chi connectivity index (χ4v) is 2.57. The van der Waals surface area contributed by atoms with Crippen molar-refractivity contribution in [3.8, 4) is 0 Å². The largest absolute Gasteiger partial charge is 0.397 e. The maximum atomic E-state index is 6.09. The maximum Gasteiger partial charge on any atom is 0.0602 e. The summed E-state index contributed by atoms with van der Waals surface area (Å²) < 4.78 is 1.14. The second kappa shape index (κ2) is 6.62. The van der Waals surface area contributed by atoms with Gasteiger partial charge < -0.3 is 10.6 Å². The van der Waals surface area contributed by atoms with E-state index in [2.05, 4.69) is 52.0 Å². The second-order valence-electron chi connectivity index (χ2n) is 4.57. The highest BCUT2D eigenvalue weighted by Crippen LogP contribution is 2.26. The molecule has 2 aromatic carbocycles. The zero-order valence-electron chi connectivity index (χ0n) is 11.1. The Hall–Kier alpha value is -1.48. The van der Waals surface area contributed by atoms with Crippen molar-refractivity contribution in [2.75, 3.05) is 17.2 Å². The van der Waals surface area contributed by atoms with E-state index in [1.54, 1.807) is 0 Å². The van der Waals surface area contributed by atoms with E-state index in [-0.39, 0.29) is 0 Å². The fourth-order valence-electron chi connectivity index (χ4n) is 2.16. The molecule has 0 aliphatic carbocycles. The topological polar surface area (TPSA) is 29.3 Å². The van der Waals surface area contributed by atoms with Crippen molar-refractivity contribution in [2.45, 2.75) is 19.9 Å². The van der Waals surface area contributed by atoms with Crippen LogP contribution in [0.5, 0.6) is 0 Å². The van der Waals surface area contributed by atoms with E-state index in [9.17, 15) is 0 Å². The van der Waals surface area contributed by atoms with Crippen LogP contribution in [-0.4, -0.2) is 6.54 Å². The minimum Gasteiger partial charge on any atom is -0.397 e. The Morgan fingerprint density at radius 3 is 2.42 bits per heavy atom. The van der Waals surface area contributed by atoms with Crippen molar-refractivity contribution in [3.05, 3.63) is 58.6 Å². The lowest BCUT2D eigenvalue weighted by molar-refractivity contribution is 0.767. The third-order valence-electron chi connectivity index (χ3n) is 3.09. The first-order valence-corrected chi connectivity index (χ1v) is 7.34. The van der Waals surface area contributed by atoms with Gasteiger partial charge in [-0.2, -0.15) is 0 Å². The number of hydrogen-bond donors (Lipinski definition) is 1. The average molecular weight is 319 g/mol. The number of para-hydroxylation sites is 2. The zero-order chi connectivity index (χ0) is 13.7. The quantitative estimate of drug-likeness (QED) is 0.825. The van der Waals surface area contributed by atoms with Crippen LogP contribution in [0.25, 0.3) is 0 Å². The van der Waals surface area contributed by atoms with Gasteiger partial charge in [-0.25, -0.2) is 0 Å². The molecular weight excluding hydrogens is 300 g/mol. The lowest BCUT2D eigenvalue weighted by atomic mass is 10.1. The summed E-state index contributed by atoms with van der Waals surface area (Å²) >= 11 is 3.61. The number of anilines is 2. The van der Waals surface area contributed by atoms with Gasteiger partial charge in [0.25, 0.3) is 0 Å². The van der Waals surface area contributed by atoms with E-state index in [1.807, 2.05) is 24.3 Å². The van der Waals surface area contributed by atoms with Crippen LogP contribution in [0.4, 0.5) is 11.4 Å². The van der Waals surface area contributed by atoms with E-state index in [0.29, 0.717) is 0 Å². The Morgan fingerprint density at radius 2 is 1.74 bits per heavy atom. The Morgan fingerprint density at radius 1 is 1.05 bits per heavy atom. The first kappa shape index (κ1) is 13.9. The van der Waals surface area contributed by atoms with Crippen LogP contribution < -0.4 is 10.6 Å². The molecule has 0 bridgehead atoms. The molecule has 0 atom stereocenters. The van der Waals surface area contributed by atoms with Gasteiger partial charge in [0.05, 0.1) is 11.4 Å². The summed E-state index contributed by atoms with van der Waals surface area (Å²) in [5, 5.41) is 0. The molecule has 0 aliphatic rings. The summed E-state index contributed by atoms with van der Waals surface area (Å²) in [7, 11) is 0. The molecule has 0 amide bonds. The van der Waals surface area contributed by atoms with Crippen LogP contribution in [0.2, 0.25) is 0 Å². The highest BCUT2D eigenvalue weighted by atomic mass is 79.9. The molecule has 0 aromatic heterocycles. The molecule has 0 aliphatic heterocycles. The molecule has 0 saturated carbocycles. The molecule has 0 fully saturated rings. The van der Waals surface area contributed by atoms with Gasteiger partial charge >= 0.3 is 0 Å². The van der Waals surface area contributed by atoms with Crippen LogP contribution in [0, 0.1) is 0 Å². The van der Waals surface area contributed by atoms with Gasteiger partial charge in [0.1, 0.15) is 0 Å². The van der Waals surface area contributed by atoms with Crippen LogP contribution in [0.1, 0.15) is 18.9 Å². The molecule has 3 heteroatoms. The van der Waals surface area contributed by atoms with Gasteiger partial charge in [0, 0.05) is 17.6 Å². The third-order valence-corrected chi connectivity index (χ3v) is 3.86. The number of benzene rings is 2. The van der Waals surface area contributed by atoms with E-state index < -0.39 is 0 Å². The van der Waals surface area contributed by atoms with Gasteiger partial charge in [-0.15, -0.1) is 0 Å². The summed E-state index contributed by atoms with van der Waals surface area (Å²) in [5.74, 6) is 0. The van der Waals surface area contributed by atoms with Gasteiger partial charge in [0.2, 0.25) is 0 Å². The van der Waals surface area contributed by atoms with Crippen LogP contribution in [-0.2, 0) is 6.54 Å². The summed E-state index contributed by atoms with van der Waals surface area (Å²) in [5.41, 5.74) is 9.31. The van der Waals surface area contributed by atoms with Crippen molar-refractivity contribution in [1.29, 1.82) is 0 Å². The number of rotatable bonds is 5. The molecule has 0 heterocycles. The van der Waals surface area contributed by atoms with Gasteiger partial charge in [0.15, 0.2) is 0 Å². The Labute approximate surface area is 123 Å². The molecule has 2 N–H and O–H groups in total. The number of nitrogens with two attached hydrogens (primary N) is 1. The minimum atomic E-state index is 0.836. The molecule has 2 aromatic rings. The smallest absolute Gasteiger partial charge is 0.0602 e. The molecule has 0 saturated heterocycles. The summed E-state index contributed by atoms with van der Waals surface area (Å²) in [4.78, 5) is 2.33. The van der Waals surface area contributed by atoms with Gasteiger partial charge in [-0.3, -0.25) is 0 Å². The van der Waals surface area contributed by atoms with Crippen LogP contribution in [0.15, 0.2) is 53.0 Å². The zero-order valence-corrected chi connectivity index (χ0v) is 12.7. The standard InChI is InChI=1S/C16H19BrN2/c1-2-11-19(16-10-6-5-9-15(16)18)12-13-7-3-4-8-14(13)17/h3-10H,2,11-12,18H2,1H3. The third kappa shape index (κ3) is 3.51.